The summed E-state index contributed by atoms with van der Waals surface area (Å²) in [7, 11) is 3.33. The predicted octanol–water partition coefficient (Wildman–Crippen LogP) is 4.70. The van der Waals surface area contributed by atoms with E-state index < -0.39 is 0 Å². The summed E-state index contributed by atoms with van der Waals surface area (Å²) in [5.41, 5.74) is 2.98. The molecule has 4 heteroatoms. The molecule has 0 aromatic carbocycles. The van der Waals surface area contributed by atoms with Crippen molar-refractivity contribution in [2.24, 2.45) is 0 Å². The van der Waals surface area contributed by atoms with Crippen LogP contribution >= 0.6 is 0 Å². The Balaban J connectivity index is 2.36. The van der Waals surface area contributed by atoms with E-state index in [-0.39, 0.29) is 17.3 Å². The maximum Gasteiger partial charge on any atom is 0.213 e. The molecule has 0 radical (unpaired) electrons. The molecule has 2 rings (SSSR count). The number of hydrogen-bond acceptors (Lipinski definition) is 4. The second-order valence-corrected chi connectivity index (χ2v) is 7.22. The van der Waals surface area contributed by atoms with Crippen molar-refractivity contribution in [3.05, 3.63) is 47.4 Å². The van der Waals surface area contributed by atoms with Crippen LogP contribution in [0.2, 0.25) is 0 Å². The minimum absolute atomic E-state index is 0.0709. The fourth-order valence-corrected chi connectivity index (χ4v) is 2.73. The highest BCUT2D eigenvalue weighted by molar-refractivity contribution is 5.35. The van der Waals surface area contributed by atoms with Crippen molar-refractivity contribution in [3.63, 3.8) is 0 Å². The first kappa shape index (κ1) is 18.2. The highest BCUT2D eigenvalue weighted by atomic mass is 16.5. The summed E-state index contributed by atoms with van der Waals surface area (Å²) in [6.45, 7) is 10.8. The molecule has 2 aromatic heterocycles. The predicted molar refractivity (Wildman–Crippen MR) is 97.1 cm³/mol. The van der Waals surface area contributed by atoms with Crippen LogP contribution in [0.1, 0.15) is 63.5 Å². The molecule has 0 N–H and O–H groups in total. The zero-order chi connectivity index (χ0) is 17.9. The SMILES string of the molecule is COc1cccc(C(C)C(C)c2ccc(OC)c(C(C)(C)C)n2)n1. The Kier molecular flexibility index (Phi) is 5.47. The van der Waals surface area contributed by atoms with Crippen LogP contribution in [0.15, 0.2) is 30.3 Å². The molecule has 0 spiro atoms. The smallest absolute Gasteiger partial charge is 0.213 e. The van der Waals surface area contributed by atoms with Crippen LogP contribution in [-0.2, 0) is 5.41 Å². The summed E-state index contributed by atoms with van der Waals surface area (Å²) in [5, 5.41) is 0. The van der Waals surface area contributed by atoms with Crippen LogP contribution < -0.4 is 9.47 Å². The number of ether oxygens (including phenoxy) is 2. The molecule has 24 heavy (non-hydrogen) atoms. The van der Waals surface area contributed by atoms with Gasteiger partial charge in [-0.05, 0) is 18.2 Å². The average Bonchev–Trinajstić information content (AvgIpc) is 2.59. The van der Waals surface area contributed by atoms with E-state index in [9.17, 15) is 0 Å². The summed E-state index contributed by atoms with van der Waals surface area (Å²) in [4.78, 5) is 9.49. The van der Waals surface area contributed by atoms with E-state index in [1.165, 1.54) is 0 Å². The average molecular weight is 328 g/mol. The molecule has 0 aliphatic heterocycles. The Morgan fingerprint density at radius 1 is 0.833 bits per heavy atom. The maximum atomic E-state index is 5.49. The molecule has 0 bridgehead atoms. The molecule has 2 atom stereocenters. The molecular formula is C20H28N2O2. The van der Waals surface area contributed by atoms with Gasteiger partial charge in [0.2, 0.25) is 5.88 Å². The minimum Gasteiger partial charge on any atom is -0.495 e. The van der Waals surface area contributed by atoms with Crippen molar-refractivity contribution in [2.75, 3.05) is 14.2 Å². The Morgan fingerprint density at radius 3 is 2.00 bits per heavy atom. The standard InChI is InChI=1S/C20H28N2O2/c1-13(15-9-8-10-18(21-15)24-7)14(2)16-11-12-17(23-6)19(22-16)20(3,4)5/h8-14H,1-7H3. The van der Waals surface area contributed by atoms with Crippen LogP contribution in [-0.4, -0.2) is 24.2 Å². The Bertz CT molecular complexity index is 692. The van der Waals surface area contributed by atoms with Gasteiger partial charge in [0, 0.05) is 34.7 Å². The van der Waals surface area contributed by atoms with Gasteiger partial charge >= 0.3 is 0 Å². The van der Waals surface area contributed by atoms with Crippen molar-refractivity contribution in [3.8, 4) is 11.6 Å². The second kappa shape index (κ2) is 7.20. The summed E-state index contributed by atoms with van der Waals surface area (Å²) >= 11 is 0. The van der Waals surface area contributed by atoms with Crippen molar-refractivity contribution in [2.45, 2.75) is 51.9 Å². The monoisotopic (exact) mass is 328 g/mol. The number of methoxy groups -OCH3 is 2. The second-order valence-electron chi connectivity index (χ2n) is 7.22. The summed E-state index contributed by atoms with van der Waals surface area (Å²) in [5.74, 6) is 1.95. The molecule has 2 aromatic rings. The Labute approximate surface area is 145 Å². The van der Waals surface area contributed by atoms with E-state index in [4.69, 9.17) is 14.5 Å². The van der Waals surface area contributed by atoms with E-state index in [0.717, 1.165) is 22.8 Å². The lowest BCUT2D eigenvalue weighted by atomic mass is 9.87. The lowest BCUT2D eigenvalue weighted by Crippen LogP contribution is -2.18. The molecule has 0 fully saturated rings. The molecule has 2 unspecified atom stereocenters. The van der Waals surface area contributed by atoms with E-state index in [0.29, 0.717) is 5.88 Å². The molecule has 0 saturated carbocycles. The first-order chi connectivity index (χ1) is 11.3. The van der Waals surface area contributed by atoms with Gasteiger partial charge in [-0.15, -0.1) is 0 Å². The fourth-order valence-electron chi connectivity index (χ4n) is 2.73. The molecule has 0 aliphatic carbocycles. The summed E-state index contributed by atoms with van der Waals surface area (Å²) in [6.07, 6.45) is 0. The first-order valence-electron chi connectivity index (χ1n) is 8.34. The van der Waals surface area contributed by atoms with E-state index in [1.807, 2.05) is 24.3 Å². The number of hydrogen-bond donors (Lipinski definition) is 0. The van der Waals surface area contributed by atoms with Crippen LogP contribution in [0.25, 0.3) is 0 Å². The van der Waals surface area contributed by atoms with Crippen LogP contribution in [0.5, 0.6) is 11.6 Å². The topological polar surface area (TPSA) is 44.2 Å². The molecule has 130 valence electrons. The van der Waals surface area contributed by atoms with Crippen molar-refractivity contribution in [1.29, 1.82) is 0 Å². The molecular weight excluding hydrogens is 300 g/mol. The molecule has 0 saturated heterocycles. The quantitative estimate of drug-likeness (QED) is 0.798. The normalized spacial score (nSPS) is 14.1. The minimum atomic E-state index is -0.0709. The highest BCUT2D eigenvalue weighted by Crippen LogP contribution is 2.35. The van der Waals surface area contributed by atoms with Crippen LogP contribution in [0.4, 0.5) is 0 Å². The van der Waals surface area contributed by atoms with Crippen LogP contribution in [0.3, 0.4) is 0 Å². The molecule has 0 amide bonds. The van der Waals surface area contributed by atoms with Gasteiger partial charge in [-0.2, -0.15) is 0 Å². The highest BCUT2D eigenvalue weighted by Gasteiger charge is 2.25. The third-order valence-electron chi connectivity index (χ3n) is 4.45. The van der Waals surface area contributed by atoms with Crippen molar-refractivity contribution in [1.82, 2.24) is 9.97 Å². The van der Waals surface area contributed by atoms with Gasteiger partial charge in [0.25, 0.3) is 0 Å². The first-order valence-corrected chi connectivity index (χ1v) is 8.34. The Morgan fingerprint density at radius 2 is 1.46 bits per heavy atom. The largest absolute Gasteiger partial charge is 0.495 e. The summed E-state index contributed by atoms with van der Waals surface area (Å²) < 4.78 is 10.7. The lowest BCUT2D eigenvalue weighted by molar-refractivity contribution is 0.389. The maximum absolute atomic E-state index is 5.49. The van der Waals surface area contributed by atoms with Gasteiger partial charge in [-0.1, -0.05) is 40.7 Å². The third-order valence-corrected chi connectivity index (χ3v) is 4.45. The van der Waals surface area contributed by atoms with Crippen molar-refractivity contribution < 1.29 is 9.47 Å². The molecule has 4 nitrogen and oxygen atoms in total. The zero-order valence-corrected chi connectivity index (χ0v) is 15.8. The number of pyridine rings is 2. The van der Waals surface area contributed by atoms with Gasteiger partial charge in [0.1, 0.15) is 5.75 Å². The van der Waals surface area contributed by atoms with Gasteiger partial charge < -0.3 is 9.47 Å². The van der Waals surface area contributed by atoms with Gasteiger partial charge in [0.05, 0.1) is 19.9 Å². The number of rotatable bonds is 5. The lowest BCUT2D eigenvalue weighted by Gasteiger charge is -2.25. The van der Waals surface area contributed by atoms with E-state index >= 15 is 0 Å². The van der Waals surface area contributed by atoms with Gasteiger partial charge in [0.15, 0.2) is 0 Å². The zero-order valence-electron chi connectivity index (χ0n) is 15.8. The molecule has 2 heterocycles. The van der Waals surface area contributed by atoms with Crippen LogP contribution in [0, 0.1) is 0 Å². The fraction of sp³-hybridized carbons (Fsp3) is 0.500. The van der Waals surface area contributed by atoms with E-state index in [2.05, 4.69) is 45.7 Å². The van der Waals surface area contributed by atoms with Crippen molar-refractivity contribution >= 4 is 0 Å². The van der Waals surface area contributed by atoms with Gasteiger partial charge in [-0.3, -0.25) is 4.98 Å². The van der Waals surface area contributed by atoms with Gasteiger partial charge in [-0.25, -0.2) is 4.98 Å². The third kappa shape index (κ3) is 3.86. The summed E-state index contributed by atoms with van der Waals surface area (Å²) in [6, 6.07) is 9.95. The Hall–Kier alpha value is -2.10. The number of nitrogens with zero attached hydrogens (tertiary/aromatic N) is 2. The number of aromatic nitrogens is 2. The van der Waals surface area contributed by atoms with E-state index in [1.54, 1.807) is 14.2 Å². The molecule has 0 aliphatic rings.